The molecule has 0 amide bonds. The third kappa shape index (κ3) is 2.44. The number of aliphatic hydroxyl groups is 1. The first kappa shape index (κ1) is 13.5. The second-order valence-electron chi connectivity index (χ2n) is 5.17. The molecule has 1 aliphatic rings. The van der Waals surface area contributed by atoms with Gasteiger partial charge in [0, 0.05) is 13.1 Å². The Balaban J connectivity index is 2.00. The highest BCUT2D eigenvalue weighted by molar-refractivity contribution is 7.89. The topological polar surface area (TPSA) is 57.6 Å². The van der Waals surface area contributed by atoms with Crippen molar-refractivity contribution in [1.29, 1.82) is 0 Å². The number of hydrogen-bond donors (Lipinski definition) is 1. The predicted molar refractivity (Wildman–Crippen MR) is 77.9 cm³/mol. The van der Waals surface area contributed by atoms with E-state index in [9.17, 15) is 13.5 Å². The molecular formula is C15H17NO3S. The predicted octanol–water partition coefficient (Wildman–Crippen LogP) is 1.99. The molecule has 0 bridgehead atoms. The standard InChI is InChI=1S/C15H17NO3S/c17-14-6-3-9-16(11-14)20(18,19)15-8-7-12-4-1-2-5-13(12)10-15/h1-2,4-5,7-8,10,14,17H,3,6,9,11H2/t14-/m0/s1. The lowest BCUT2D eigenvalue weighted by atomic mass is 10.1. The monoisotopic (exact) mass is 291 g/mol. The molecule has 0 unspecified atom stereocenters. The maximum atomic E-state index is 12.6. The first-order valence-electron chi connectivity index (χ1n) is 6.74. The van der Waals surface area contributed by atoms with Crippen LogP contribution < -0.4 is 0 Å². The van der Waals surface area contributed by atoms with E-state index in [0.29, 0.717) is 24.3 Å². The van der Waals surface area contributed by atoms with E-state index in [4.69, 9.17) is 0 Å². The molecular weight excluding hydrogens is 274 g/mol. The van der Waals surface area contributed by atoms with Gasteiger partial charge in [-0.15, -0.1) is 0 Å². The first-order valence-corrected chi connectivity index (χ1v) is 8.18. The zero-order chi connectivity index (χ0) is 14.2. The molecule has 2 aromatic carbocycles. The Kier molecular flexibility index (Phi) is 3.50. The Bertz CT molecular complexity index is 727. The number of piperidine rings is 1. The van der Waals surface area contributed by atoms with Crippen LogP contribution in [0, 0.1) is 0 Å². The summed E-state index contributed by atoms with van der Waals surface area (Å²) in [7, 11) is -3.51. The Morgan fingerprint density at radius 1 is 1.10 bits per heavy atom. The molecule has 1 N–H and O–H groups in total. The number of β-amino-alcohol motifs (C(OH)–C–C–N with tert-alkyl or cyclic N) is 1. The van der Waals surface area contributed by atoms with Crippen molar-refractivity contribution in [3.05, 3.63) is 42.5 Å². The van der Waals surface area contributed by atoms with Crippen LogP contribution in [0.25, 0.3) is 10.8 Å². The summed E-state index contributed by atoms with van der Waals surface area (Å²) in [6, 6.07) is 12.8. The van der Waals surface area contributed by atoms with Crippen molar-refractivity contribution >= 4 is 20.8 Å². The van der Waals surface area contributed by atoms with Gasteiger partial charge in [-0.1, -0.05) is 30.3 Å². The summed E-state index contributed by atoms with van der Waals surface area (Å²) in [4.78, 5) is 0.297. The molecule has 1 saturated heterocycles. The summed E-state index contributed by atoms with van der Waals surface area (Å²) in [6.45, 7) is 0.668. The zero-order valence-corrected chi connectivity index (χ0v) is 11.9. The van der Waals surface area contributed by atoms with Gasteiger partial charge < -0.3 is 5.11 Å². The number of benzene rings is 2. The largest absolute Gasteiger partial charge is 0.392 e. The van der Waals surface area contributed by atoms with Crippen LogP contribution in [-0.4, -0.2) is 37.0 Å². The first-order chi connectivity index (χ1) is 9.57. The number of sulfonamides is 1. The second kappa shape index (κ2) is 5.16. The Morgan fingerprint density at radius 3 is 2.60 bits per heavy atom. The number of hydrogen-bond acceptors (Lipinski definition) is 3. The second-order valence-corrected chi connectivity index (χ2v) is 7.11. The minimum Gasteiger partial charge on any atom is -0.392 e. The summed E-state index contributed by atoms with van der Waals surface area (Å²) < 4.78 is 26.6. The molecule has 2 aromatic rings. The highest BCUT2D eigenvalue weighted by Crippen LogP contribution is 2.24. The summed E-state index contributed by atoms with van der Waals surface area (Å²) >= 11 is 0. The van der Waals surface area contributed by atoms with Gasteiger partial charge in [-0.2, -0.15) is 4.31 Å². The van der Waals surface area contributed by atoms with Gasteiger partial charge in [0.1, 0.15) is 0 Å². The number of nitrogens with zero attached hydrogens (tertiary/aromatic N) is 1. The molecule has 106 valence electrons. The number of rotatable bonds is 2. The van der Waals surface area contributed by atoms with E-state index in [1.54, 1.807) is 12.1 Å². The lowest BCUT2D eigenvalue weighted by molar-refractivity contribution is 0.108. The Hall–Kier alpha value is -1.43. The lowest BCUT2D eigenvalue weighted by Gasteiger charge is -2.29. The molecule has 1 fully saturated rings. The highest BCUT2D eigenvalue weighted by Gasteiger charge is 2.29. The van der Waals surface area contributed by atoms with Crippen LogP contribution in [0.15, 0.2) is 47.4 Å². The molecule has 0 aromatic heterocycles. The molecule has 0 radical (unpaired) electrons. The minimum absolute atomic E-state index is 0.190. The summed E-state index contributed by atoms with van der Waals surface area (Å²) in [6.07, 6.45) is 0.816. The Labute approximate surface area is 118 Å². The van der Waals surface area contributed by atoms with Crippen LogP contribution in [0.5, 0.6) is 0 Å². The fourth-order valence-corrected chi connectivity index (χ4v) is 4.17. The van der Waals surface area contributed by atoms with E-state index in [-0.39, 0.29) is 6.54 Å². The van der Waals surface area contributed by atoms with Gasteiger partial charge in [0.05, 0.1) is 11.0 Å². The van der Waals surface area contributed by atoms with E-state index in [2.05, 4.69) is 0 Å². The van der Waals surface area contributed by atoms with Crippen molar-refractivity contribution in [3.8, 4) is 0 Å². The van der Waals surface area contributed by atoms with Crippen molar-refractivity contribution in [2.75, 3.05) is 13.1 Å². The average molecular weight is 291 g/mol. The molecule has 4 nitrogen and oxygen atoms in total. The van der Waals surface area contributed by atoms with E-state index in [0.717, 1.165) is 10.8 Å². The molecule has 3 rings (SSSR count). The van der Waals surface area contributed by atoms with Crippen LogP contribution in [-0.2, 0) is 10.0 Å². The van der Waals surface area contributed by atoms with Gasteiger partial charge >= 0.3 is 0 Å². The molecule has 1 atom stereocenters. The van der Waals surface area contributed by atoms with E-state index >= 15 is 0 Å². The van der Waals surface area contributed by atoms with E-state index < -0.39 is 16.1 Å². The van der Waals surface area contributed by atoms with E-state index in [1.165, 1.54) is 4.31 Å². The van der Waals surface area contributed by atoms with Crippen LogP contribution in [0.2, 0.25) is 0 Å². The van der Waals surface area contributed by atoms with Crippen LogP contribution in [0.1, 0.15) is 12.8 Å². The normalized spacial score (nSPS) is 21.1. The molecule has 0 aliphatic carbocycles. The Morgan fingerprint density at radius 2 is 1.85 bits per heavy atom. The van der Waals surface area contributed by atoms with Crippen molar-refractivity contribution in [1.82, 2.24) is 4.31 Å². The molecule has 5 heteroatoms. The quantitative estimate of drug-likeness (QED) is 0.920. The van der Waals surface area contributed by atoms with Gasteiger partial charge in [0.25, 0.3) is 0 Å². The van der Waals surface area contributed by atoms with Crippen molar-refractivity contribution in [3.63, 3.8) is 0 Å². The fourth-order valence-electron chi connectivity index (χ4n) is 2.62. The van der Waals surface area contributed by atoms with Crippen LogP contribution in [0.3, 0.4) is 0 Å². The number of fused-ring (bicyclic) bond motifs is 1. The summed E-state index contributed by atoms with van der Waals surface area (Å²) in [5.41, 5.74) is 0. The van der Waals surface area contributed by atoms with Crippen molar-refractivity contribution < 1.29 is 13.5 Å². The van der Waals surface area contributed by atoms with Crippen molar-refractivity contribution in [2.24, 2.45) is 0 Å². The highest BCUT2D eigenvalue weighted by atomic mass is 32.2. The molecule has 0 saturated carbocycles. The minimum atomic E-state index is -3.51. The maximum Gasteiger partial charge on any atom is 0.243 e. The average Bonchev–Trinajstić information content (AvgIpc) is 2.46. The van der Waals surface area contributed by atoms with E-state index in [1.807, 2.05) is 30.3 Å². The third-order valence-electron chi connectivity index (χ3n) is 3.72. The zero-order valence-electron chi connectivity index (χ0n) is 11.1. The van der Waals surface area contributed by atoms with Crippen LogP contribution >= 0.6 is 0 Å². The number of aliphatic hydroxyl groups excluding tert-OH is 1. The SMILES string of the molecule is O=S(=O)(c1ccc2ccccc2c1)N1CCC[C@H](O)C1. The van der Waals surface area contributed by atoms with Gasteiger partial charge in [-0.25, -0.2) is 8.42 Å². The summed E-state index contributed by atoms with van der Waals surface area (Å²) in [5, 5.41) is 11.6. The molecule has 1 aliphatic heterocycles. The van der Waals surface area contributed by atoms with Gasteiger partial charge in [0.2, 0.25) is 10.0 Å². The summed E-state index contributed by atoms with van der Waals surface area (Å²) in [5.74, 6) is 0. The smallest absolute Gasteiger partial charge is 0.243 e. The lowest BCUT2D eigenvalue weighted by Crippen LogP contribution is -2.42. The van der Waals surface area contributed by atoms with Gasteiger partial charge in [0.15, 0.2) is 0 Å². The fraction of sp³-hybridized carbons (Fsp3) is 0.333. The molecule has 20 heavy (non-hydrogen) atoms. The van der Waals surface area contributed by atoms with Crippen molar-refractivity contribution in [2.45, 2.75) is 23.8 Å². The van der Waals surface area contributed by atoms with Gasteiger partial charge in [-0.3, -0.25) is 0 Å². The van der Waals surface area contributed by atoms with Gasteiger partial charge in [-0.05, 0) is 35.7 Å². The maximum absolute atomic E-state index is 12.6. The van der Waals surface area contributed by atoms with Crippen LogP contribution in [0.4, 0.5) is 0 Å². The molecule has 1 heterocycles. The third-order valence-corrected chi connectivity index (χ3v) is 5.58. The molecule has 0 spiro atoms.